The topological polar surface area (TPSA) is 66.5 Å². The molecule has 0 saturated carbocycles. The molecule has 2 aromatic carbocycles. The van der Waals surface area contributed by atoms with Crippen LogP contribution in [0.3, 0.4) is 0 Å². The Hall–Kier alpha value is -2.18. The number of amides is 1. The molecule has 1 heterocycles. The van der Waals surface area contributed by atoms with Gasteiger partial charge in [-0.2, -0.15) is 0 Å². The van der Waals surface area contributed by atoms with Gasteiger partial charge in [-0.1, -0.05) is 50.2 Å². The highest BCUT2D eigenvalue weighted by Gasteiger charge is 2.21. The first-order chi connectivity index (χ1) is 14.4. The van der Waals surface area contributed by atoms with Gasteiger partial charge < -0.3 is 5.32 Å². The third-order valence-corrected chi connectivity index (χ3v) is 7.53. The number of piperidine rings is 1. The van der Waals surface area contributed by atoms with Crippen molar-refractivity contribution in [1.82, 2.24) is 10.2 Å². The minimum Gasteiger partial charge on any atom is -0.348 e. The van der Waals surface area contributed by atoms with Gasteiger partial charge in [0.2, 0.25) is 0 Å². The van der Waals surface area contributed by atoms with Crippen LogP contribution in [0.25, 0.3) is 0 Å². The lowest BCUT2D eigenvalue weighted by molar-refractivity contribution is 0.0947. The number of nitrogens with one attached hydrogen (secondary N) is 1. The van der Waals surface area contributed by atoms with Crippen LogP contribution in [0.5, 0.6) is 0 Å². The molecule has 1 fully saturated rings. The highest BCUT2D eigenvalue weighted by molar-refractivity contribution is 7.91. The molecular weight excluding hydrogens is 396 g/mol. The third kappa shape index (κ3) is 5.92. The van der Waals surface area contributed by atoms with E-state index in [1.54, 1.807) is 18.2 Å². The first-order valence-corrected chi connectivity index (χ1v) is 12.4. The molecule has 1 saturated heterocycles. The Morgan fingerprint density at radius 2 is 1.80 bits per heavy atom. The van der Waals surface area contributed by atoms with Crippen molar-refractivity contribution >= 4 is 15.7 Å². The second-order valence-corrected chi connectivity index (χ2v) is 10.4. The van der Waals surface area contributed by atoms with E-state index in [-0.39, 0.29) is 22.1 Å². The van der Waals surface area contributed by atoms with Crippen LogP contribution in [0.15, 0.2) is 53.4 Å². The summed E-state index contributed by atoms with van der Waals surface area (Å²) in [6.07, 6.45) is 3.10. The van der Waals surface area contributed by atoms with Gasteiger partial charge in [-0.15, -0.1) is 0 Å². The van der Waals surface area contributed by atoms with Gasteiger partial charge in [0.1, 0.15) is 0 Å². The van der Waals surface area contributed by atoms with E-state index in [4.69, 9.17) is 0 Å². The summed E-state index contributed by atoms with van der Waals surface area (Å²) < 4.78 is 24.9. The minimum atomic E-state index is -3.46. The van der Waals surface area contributed by atoms with Crippen molar-refractivity contribution < 1.29 is 13.2 Å². The molecule has 1 aliphatic rings. The third-order valence-electron chi connectivity index (χ3n) is 5.56. The zero-order valence-electron chi connectivity index (χ0n) is 17.9. The van der Waals surface area contributed by atoms with E-state index in [0.29, 0.717) is 13.0 Å². The molecule has 0 radical (unpaired) electrons. The quantitative estimate of drug-likeness (QED) is 0.689. The Morgan fingerprint density at radius 1 is 1.10 bits per heavy atom. The summed E-state index contributed by atoms with van der Waals surface area (Å²) >= 11 is 0. The van der Waals surface area contributed by atoms with Gasteiger partial charge in [-0.25, -0.2) is 8.42 Å². The highest BCUT2D eigenvalue weighted by atomic mass is 32.2. The summed E-state index contributed by atoms with van der Waals surface area (Å²) in [5.41, 5.74) is 2.48. The van der Waals surface area contributed by atoms with Crippen molar-refractivity contribution in [2.75, 3.05) is 18.8 Å². The lowest BCUT2D eigenvalue weighted by Crippen LogP contribution is -2.33. The zero-order valence-corrected chi connectivity index (χ0v) is 18.7. The molecule has 1 N–H and O–H groups in total. The van der Waals surface area contributed by atoms with Crippen LogP contribution >= 0.6 is 0 Å². The summed E-state index contributed by atoms with van der Waals surface area (Å²) in [5.74, 6) is 0.433. The van der Waals surface area contributed by atoms with E-state index in [2.05, 4.69) is 29.3 Å². The van der Waals surface area contributed by atoms with Gasteiger partial charge in [0.15, 0.2) is 9.84 Å². The van der Waals surface area contributed by atoms with E-state index in [1.807, 2.05) is 19.1 Å². The molecule has 1 atom stereocenters. The molecule has 5 nitrogen and oxygen atoms in total. The van der Waals surface area contributed by atoms with Crippen molar-refractivity contribution in [3.05, 3.63) is 65.2 Å². The van der Waals surface area contributed by atoms with Gasteiger partial charge >= 0.3 is 0 Å². The van der Waals surface area contributed by atoms with Gasteiger partial charge in [0, 0.05) is 19.6 Å². The molecule has 3 rings (SSSR count). The standard InChI is InChI=1S/C24H32N2O3S/c1-3-15-30(28,29)23-9-5-4-8-22(23)24(27)25-16-20-10-12-21(13-11-20)18-26-14-6-7-19(2)17-26/h4-5,8-13,19H,3,6-7,14-18H2,1-2H3,(H,25,27). The predicted octanol–water partition coefficient (Wildman–Crippen LogP) is 4.03. The monoisotopic (exact) mass is 428 g/mol. The SMILES string of the molecule is CCCS(=O)(=O)c1ccccc1C(=O)NCc1ccc(CN2CCCC(C)C2)cc1. The second-order valence-electron chi connectivity index (χ2n) is 8.30. The number of rotatable bonds is 8. The lowest BCUT2D eigenvalue weighted by Gasteiger charge is -2.30. The van der Waals surface area contributed by atoms with Crippen LogP contribution < -0.4 is 5.32 Å². The number of hydrogen-bond acceptors (Lipinski definition) is 4. The fourth-order valence-corrected chi connectivity index (χ4v) is 5.57. The summed E-state index contributed by atoms with van der Waals surface area (Å²) in [4.78, 5) is 15.3. The Labute approximate surface area is 180 Å². The van der Waals surface area contributed by atoms with E-state index in [9.17, 15) is 13.2 Å². The first kappa shape index (κ1) is 22.5. The average molecular weight is 429 g/mol. The number of hydrogen-bond donors (Lipinski definition) is 1. The number of benzene rings is 2. The van der Waals surface area contributed by atoms with Crippen LogP contribution in [0.2, 0.25) is 0 Å². The fraction of sp³-hybridized carbons (Fsp3) is 0.458. The van der Waals surface area contributed by atoms with Gasteiger partial charge in [0.05, 0.1) is 16.2 Å². The van der Waals surface area contributed by atoms with Crippen LogP contribution in [0.4, 0.5) is 0 Å². The first-order valence-electron chi connectivity index (χ1n) is 10.8. The Morgan fingerprint density at radius 3 is 2.50 bits per heavy atom. The van der Waals surface area contributed by atoms with Crippen LogP contribution in [0.1, 0.15) is 54.6 Å². The maximum atomic E-state index is 12.7. The van der Waals surface area contributed by atoms with Gasteiger partial charge in [0.25, 0.3) is 5.91 Å². The van der Waals surface area contributed by atoms with Crippen LogP contribution in [-0.2, 0) is 22.9 Å². The average Bonchev–Trinajstić information content (AvgIpc) is 2.73. The molecule has 1 aliphatic heterocycles. The van der Waals surface area contributed by atoms with Gasteiger partial charge in [-0.05, 0) is 55.0 Å². The predicted molar refractivity (Wildman–Crippen MR) is 120 cm³/mol. The Bertz CT molecular complexity index is 955. The molecule has 0 spiro atoms. The molecule has 0 aliphatic carbocycles. The Kier molecular flexibility index (Phi) is 7.67. The van der Waals surface area contributed by atoms with Crippen molar-refractivity contribution in [1.29, 1.82) is 0 Å². The van der Waals surface area contributed by atoms with Crippen molar-refractivity contribution in [3.63, 3.8) is 0 Å². The smallest absolute Gasteiger partial charge is 0.252 e. The largest absolute Gasteiger partial charge is 0.348 e. The maximum Gasteiger partial charge on any atom is 0.252 e. The number of sulfone groups is 1. The van der Waals surface area contributed by atoms with Crippen LogP contribution in [-0.4, -0.2) is 38.1 Å². The molecule has 30 heavy (non-hydrogen) atoms. The summed E-state index contributed by atoms with van der Waals surface area (Å²) in [7, 11) is -3.46. The number of likely N-dealkylation sites (tertiary alicyclic amines) is 1. The molecule has 162 valence electrons. The Balaban J connectivity index is 1.60. The molecule has 6 heteroatoms. The van der Waals surface area contributed by atoms with Gasteiger partial charge in [-0.3, -0.25) is 9.69 Å². The van der Waals surface area contributed by atoms with E-state index in [0.717, 1.165) is 31.1 Å². The van der Waals surface area contributed by atoms with Crippen molar-refractivity contribution in [2.24, 2.45) is 5.92 Å². The normalized spacial score (nSPS) is 17.6. The zero-order chi connectivity index (χ0) is 21.6. The number of nitrogens with zero attached hydrogens (tertiary/aromatic N) is 1. The number of carbonyl (C=O) groups is 1. The lowest BCUT2D eigenvalue weighted by atomic mass is 9.99. The van der Waals surface area contributed by atoms with Crippen LogP contribution in [0, 0.1) is 5.92 Å². The van der Waals surface area contributed by atoms with Crippen molar-refractivity contribution in [3.8, 4) is 0 Å². The van der Waals surface area contributed by atoms with Crippen molar-refractivity contribution in [2.45, 2.75) is 51.1 Å². The van der Waals surface area contributed by atoms with E-state index < -0.39 is 9.84 Å². The summed E-state index contributed by atoms with van der Waals surface area (Å²) in [6, 6.07) is 14.7. The number of carbonyl (C=O) groups excluding carboxylic acids is 1. The summed E-state index contributed by atoms with van der Waals surface area (Å²) in [6.45, 7) is 7.75. The second kappa shape index (κ2) is 10.2. The molecule has 2 aromatic rings. The highest BCUT2D eigenvalue weighted by Crippen LogP contribution is 2.19. The molecule has 0 bridgehead atoms. The summed E-state index contributed by atoms with van der Waals surface area (Å²) in [5, 5.41) is 2.86. The minimum absolute atomic E-state index is 0.0363. The van der Waals surface area contributed by atoms with E-state index in [1.165, 1.54) is 24.5 Å². The molecular formula is C24H32N2O3S. The molecule has 1 amide bonds. The van der Waals surface area contributed by atoms with E-state index >= 15 is 0 Å². The fourth-order valence-electron chi connectivity index (χ4n) is 4.03. The maximum absolute atomic E-state index is 12.7. The molecule has 0 aromatic heterocycles. The molecule has 1 unspecified atom stereocenters.